The van der Waals surface area contributed by atoms with Crippen LogP contribution in [0.2, 0.25) is 0 Å². The Hall–Kier alpha value is -1.06. The third-order valence-corrected chi connectivity index (χ3v) is 4.33. The molecule has 0 spiro atoms. The van der Waals surface area contributed by atoms with E-state index in [0.29, 0.717) is 12.5 Å². The quantitative estimate of drug-likeness (QED) is 0.888. The molecule has 3 rings (SSSR count). The van der Waals surface area contributed by atoms with Crippen molar-refractivity contribution in [2.75, 3.05) is 19.7 Å². The Kier molecular flexibility index (Phi) is 3.50. The number of benzene rings is 1. The number of rotatable bonds is 2. The summed E-state index contributed by atoms with van der Waals surface area (Å²) in [4.78, 5) is 2.41. The van der Waals surface area contributed by atoms with Crippen molar-refractivity contribution in [3.63, 3.8) is 0 Å². The van der Waals surface area contributed by atoms with Gasteiger partial charge in [0, 0.05) is 5.56 Å². The van der Waals surface area contributed by atoms with Gasteiger partial charge in [0.1, 0.15) is 18.5 Å². The van der Waals surface area contributed by atoms with Crippen LogP contribution in [0, 0.1) is 0 Å². The van der Waals surface area contributed by atoms with Crippen LogP contribution in [0.5, 0.6) is 5.75 Å². The number of ether oxygens (including phenoxy) is 1. The highest BCUT2D eigenvalue weighted by Gasteiger charge is 2.35. The first-order valence-electron chi connectivity index (χ1n) is 7.35. The fourth-order valence-corrected chi connectivity index (χ4v) is 3.22. The minimum absolute atomic E-state index is 0.116. The Bertz CT molecular complexity index is 452. The number of hydrogen-bond acceptors (Lipinski definition) is 3. The van der Waals surface area contributed by atoms with Crippen LogP contribution in [0.3, 0.4) is 0 Å². The second-order valence-corrected chi connectivity index (χ2v) is 6.02. The lowest BCUT2D eigenvalue weighted by molar-refractivity contribution is 0.00870. The van der Waals surface area contributed by atoms with Crippen LogP contribution < -0.4 is 4.74 Å². The summed E-state index contributed by atoms with van der Waals surface area (Å²) in [6, 6.07) is 6.55. The molecule has 0 aliphatic carbocycles. The molecule has 0 saturated carbocycles. The molecule has 0 radical (unpaired) electrons. The maximum Gasteiger partial charge on any atom is 0.124 e. The molecule has 19 heavy (non-hydrogen) atoms. The average molecular weight is 261 g/mol. The molecule has 2 atom stereocenters. The van der Waals surface area contributed by atoms with Crippen LogP contribution in [0.4, 0.5) is 0 Å². The van der Waals surface area contributed by atoms with Crippen LogP contribution in [0.15, 0.2) is 18.2 Å². The van der Waals surface area contributed by atoms with Gasteiger partial charge in [-0.2, -0.15) is 0 Å². The summed E-state index contributed by atoms with van der Waals surface area (Å²) in [5, 5.41) is 10.3. The number of hydrogen-bond donors (Lipinski definition) is 1. The van der Waals surface area contributed by atoms with Gasteiger partial charge >= 0.3 is 0 Å². The summed E-state index contributed by atoms with van der Waals surface area (Å²) in [6.07, 6.45) is 2.07. The minimum Gasteiger partial charge on any atom is -0.490 e. The predicted molar refractivity (Wildman–Crippen MR) is 75.6 cm³/mol. The first-order valence-corrected chi connectivity index (χ1v) is 7.35. The fourth-order valence-electron chi connectivity index (χ4n) is 3.22. The molecule has 104 valence electrons. The molecule has 2 unspecified atom stereocenters. The third kappa shape index (κ3) is 2.37. The van der Waals surface area contributed by atoms with Crippen molar-refractivity contribution in [3.8, 4) is 5.75 Å². The van der Waals surface area contributed by atoms with E-state index in [9.17, 15) is 5.11 Å². The third-order valence-electron chi connectivity index (χ3n) is 4.33. The Morgan fingerprint density at radius 3 is 2.68 bits per heavy atom. The fraction of sp³-hybridized carbons (Fsp3) is 0.625. The highest BCUT2D eigenvalue weighted by atomic mass is 16.5. The molecule has 3 heteroatoms. The zero-order valence-electron chi connectivity index (χ0n) is 11.8. The Balaban J connectivity index is 1.99. The van der Waals surface area contributed by atoms with E-state index < -0.39 is 6.10 Å². The van der Waals surface area contributed by atoms with Crippen molar-refractivity contribution in [3.05, 3.63) is 29.3 Å². The molecule has 3 nitrogen and oxygen atoms in total. The number of likely N-dealkylation sites (tertiary alicyclic amines) is 1. The van der Waals surface area contributed by atoms with E-state index in [1.165, 1.54) is 24.0 Å². The van der Waals surface area contributed by atoms with Crippen molar-refractivity contribution in [1.29, 1.82) is 0 Å². The van der Waals surface area contributed by atoms with Crippen molar-refractivity contribution in [2.24, 2.45) is 0 Å². The van der Waals surface area contributed by atoms with E-state index >= 15 is 0 Å². The van der Waals surface area contributed by atoms with E-state index in [1.807, 2.05) is 0 Å². The van der Waals surface area contributed by atoms with Gasteiger partial charge in [-0.25, -0.2) is 0 Å². The zero-order valence-corrected chi connectivity index (χ0v) is 11.8. The molecule has 1 N–H and O–H groups in total. The second kappa shape index (κ2) is 5.14. The van der Waals surface area contributed by atoms with Gasteiger partial charge in [-0.1, -0.05) is 26.0 Å². The molecule has 2 aliphatic heterocycles. The zero-order chi connectivity index (χ0) is 13.4. The monoisotopic (exact) mass is 261 g/mol. The SMILES string of the molecule is CC(C)c1ccc2c(c1)C(N1CCCC1)C(O)CO2. The Labute approximate surface area is 115 Å². The van der Waals surface area contributed by atoms with E-state index in [2.05, 4.69) is 36.9 Å². The van der Waals surface area contributed by atoms with Crippen molar-refractivity contribution in [2.45, 2.75) is 44.8 Å². The van der Waals surface area contributed by atoms with Crippen LogP contribution in [-0.4, -0.2) is 35.8 Å². The molecule has 1 fully saturated rings. The van der Waals surface area contributed by atoms with Crippen LogP contribution in [-0.2, 0) is 0 Å². The van der Waals surface area contributed by atoms with E-state index in [-0.39, 0.29) is 6.04 Å². The van der Waals surface area contributed by atoms with Crippen molar-refractivity contribution in [1.82, 2.24) is 4.90 Å². The molecular formula is C16H23NO2. The van der Waals surface area contributed by atoms with E-state index in [0.717, 1.165) is 18.8 Å². The first kappa shape index (κ1) is 12.9. The predicted octanol–water partition coefficient (Wildman–Crippen LogP) is 2.70. The highest BCUT2D eigenvalue weighted by molar-refractivity contribution is 5.42. The van der Waals surface area contributed by atoms with Gasteiger partial charge in [-0.3, -0.25) is 4.90 Å². The summed E-state index contributed by atoms with van der Waals surface area (Å²) >= 11 is 0. The maximum atomic E-state index is 10.3. The Morgan fingerprint density at radius 1 is 1.26 bits per heavy atom. The minimum atomic E-state index is -0.409. The van der Waals surface area contributed by atoms with Crippen LogP contribution in [0.1, 0.15) is 49.8 Å². The van der Waals surface area contributed by atoms with Gasteiger partial charge in [0.2, 0.25) is 0 Å². The summed E-state index contributed by atoms with van der Waals surface area (Å²) in [5.74, 6) is 1.45. The van der Waals surface area contributed by atoms with Gasteiger partial charge in [-0.05, 0) is 43.5 Å². The molecule has 0 amide bonds. The lowest BCUT2D eigenvalue weighted by Gasteiger charge is -2.37. The maximum absolute atomic E-state index is 10.3. The number of nitrogens with zero attached hydrogens (tertiary/aromatic N) is 1. The molecular weight excluding hydrogens is 238 g/mol. The molecule has 1 saturated heterocycles. The van der Waals surface area contributed by atoms with E-state index in [1.54, 1.807) is 0 Å². The summed E-state index contributed by atoms with van der Waals surface area (Å²) < 4.78 is 5.68. The molecule has 0 bridgehead atoms. The van der Waals surface area contributed by atoms with Gasteiger partial charge in [-0.15, -0.1) is 0 Å². The van der Waals surface area contributed by atoms with Crippen molar-refractivity contribution < 1.29 is 9.84 Å². The molecule has 1 aromatic carbocycles. The highest BCUT2D eigenvalue weighted by Crippen LogP contribution is 2.39. The summed E-state index contributed by atoms with van der Waals surface area (Å²) in [5.41, 5.74) is 2.49. The number of aliphatic hydroxyl groups excluding tert-OH is 1. The molecule has 2 heterocycles. The Morgan fingerprint density at radius 2 is 2.00 bits per heavy atom. The molecule has 1 aromatic rings. The second-order valence-electron chi connectivity index (χ2n) is 6.02. The lowest BCUT2D eigenvalue weighted by Crippen LogP contribution is -2.41. The van der Waals surface area contributed by atoms with E-state index in [4.69, 9.17) is 4.74 Å². The van der Waals surface area contributed by atoms with Gasteiger partial charge < -0.3 is 9.84 Å². The first-order chi connectivity index (χ1) is 9.16. The summed E-state index contributed by atoms with van der Waals surface area (Å²) in [7, 11) is 0. The average Bonchev–Trinajstić information content (AvgIpc) is 2.91. The summed E-state index contributed by atoms with van der Waals surface area (Å²) in [6.45, 7) is 6.99. The van der Waals surface area contributed by atoms with Crippen LogP contribution >= 0.6 is 0 Å². The molecule has 2 aliphatic rings. The molecule has 0 aromatic heterocycles. The lowest BCUT2D eigenvalue weighted by atomic mass is 9.92. The van der Waals surface area contributed by atoms with Gasteiger partial charge in [0.25, 0.3) is 0 Å². The largest absolute Gasteiger partial charge is 0.490 e. The van der Waals surface area contributed by atoms with Gasteiger partial charge in [0.15, 0.2) is 0 Å². The van der Waals surface area contributed by atoms with Crippen LogP contribution in [0.25, 0.3) is 0 Å². The topological polar surface area (TPSA) is 32.7 Å². The number of aliphatic hydroxyl groups is 1. The normalized spacial score (nSPS) is 27.4. The standard InChI is InChI=1S/C16H23NO2/c1-11(2)12-5-6-15-13(9-12)16(14(18)10-19-15)17-7-3-4-8-17/h5-6,9,11,14,16,18H,3-4,7-8,10H2,1-2H3. The number of fused-ring (bicyclic) bond motifs is 1. The van der Waals surface area contributed by atoms with Gasteiger partial charge in [0.05, 0.1) is 6.04 Å². The smallest absolute Gasteiger partial charge is 0.124 e. The van der Waals surface area contributed by atoms with Crippen molar-refractivity contribution >= 4 is 0 Å².